The minimum absolute atomic E-state index is 0.177. The second kappa shape index (κ2) is 3.93. The maximum atomic E-state index is 8.91. The number of aliphatic hydroxyl groups is 2. The Bertz CT molecular complexity index is 238. The molecule has 1 atom stereocenters. The van der Waals surface area contributed by atoms with Crippen LogP contribution >= 0.6 is 0 Å². The fraction of sp³-hybridized carbons (Fsp3) is 0.500. The van der Waals surface area contributed by atoms with Crippen molar-refractivity contribution in [3.05, 3.63) is 6.20 Å². The van der Waals surface area contributed by atoms with Crippen LogP contribution in [0.3, 0.4) is 0 Å². The van der Waals surface area contributed by atoms with Gasteiger partial charge in [-0.1, -0.05) is 0 Å². The molecule has 1 heterocycles. The van der Waals surface area contributed by atoms with Crippen LogP contribution in [0.4, 0.5) is 11.9 Å². The summed E-state index contributed by atoms with van der Waals surface area (Å²) in [5, 5.41) is 20.0. The van der Waals surface area contributed by atoms with Gasteiger partial charge in [0.05, 0.1) is 18.9 Å². The molecule has 6 nitrogen and oxygen atoms in total. The zero-order chi connectivity index (χ0) is 8.97. The summed E-state index contributed by atoms with van der Waals surface area (Å²) in [6, 6.07) is 0.236. The highest BCUT2D eigenvalue weighted by Gasteiger charge is 2.04. The summed E-state index contributed by atoms with van der Waals surface area (Å²) in [5.74, 6) is 0.205. The van der Waals surface area contributed by atoms with Gasteiger partial charge in [0.15, 0.2) is 0 Å². The summed E-state index contributed by atoms with van der Waals surface area (Å²) in [6.45, 7) is -0.125. The normalized spacial score (nSPS) is 12.8. The van der Waals surface area contributed by atoms with E-state index in [1.54, 1.807) is 0 Å². The number of oxazole rings is 1. The van der Waals surface area contributed by atoms with Gasteiger partial charge >= 0.3 is 0 Å². The Morgan fingerprint density at radius 3 is 3.00 bits per heavy atom. The van der Waals surface area contributed by atoms with Gasteiger partial charge in [-0.2, -0.15) is 4.98 Å². The molecule has 1 aromatic heterocycles. The number of nitrogens with one attached hydrogen (secondary N) is 1. The maximum Gasteiger partial charge on any atom is 0.296 e. The fourth-order valence-electron chi connectivity index (χ4n) is 0.638. The lowest BCUT2D eigenvalue weighted by molar-refractivity contribution is 0.105. The summed E-state index contributed by atoms with van der Waals surface area (Å²) in [4.78, 5) is 3.73. The van der Waals surface area contributed by atoms with E-state index in [1.165, 1.54) is 6.20 Å². The first-order valence-corrected chi connectivity index (χ1v) is 3.46. The van der Waals surface area contributed by atoms with Crippen LogP contribution in [0.1, 0.15) is 0 Å². The maximum absolute atomic E-state index is 8.91. The lowest BCUT2D eigenvalue weighted by atomic mass is 10.4. The van der Waals surface area contributed by atoms with Crippen molar-refractivity contribution < 1.29 is 14.6 Å². The number of hydrogen-bond acceptors (Lipinski definition) is 6. The van der Waals surface area contributed by atoms with E-state index in [-0.39, 0.29) is 25.1 Å². The van der Waals surface area contributed by atoms with E-state index in [2.05, 4.69) is 10.3 Å². The molecule has 1 rings (SSSR count). The predicted octanol–water partition coefficient (Wildman–Crippen LogP) is -0.978. The summed E-state index contributed by atoms with van der Waals surface area (Å²) < 4.78 is 4.84. The molecule has 1 unspecified atom stereocenters. The number of hydrogen-bond donors (Lipinski definition) is 4. The first-order valence-electron chi connectivity index (χ1n) is 3.46. The molecular formula is C6H11N3O3. The number of nitrogen functional groups attached to an aromatic ring is 1. The van der Waals surface area contributed by atoms with Crippen LogP contribution < -0.4 is 11.1 Å². The highest BCUT2D eigenvalue weighted by molar-refractivity contribution is 5.29. The second-order valence-electron chi connectivity index (χ2n) is 2.29. The minimum atomic E-state index is -0.821. The van der Waals surface area contributed by atoms with Crippen molar-refractivity contribution in [3.63, 3.8) is 0 Å². The third kappa shape index (κ3) is 2.40. The van der Waals surface area contributed by atoms with Gasteiger partial charge in [-0.3, -0.25) is 0 Å². The average Bonchev–Trinajstić information content (AvgIpc) is 2.47. The number of anilines is 2. The van der Waals surface area contributed by atoms with Gasteiger partial charge < -0.3 is 25.7 Å². The zero-order valence-electron chi connectivity index (χ0n) is 6.40. The van der Waals surface area contributed by atoms with Crippen molar-refractivity contribution in [1.29, 1.82) is 0 Å². The quantitative estimate of drug-likeness (QED) is 0.466. The topological polar surface area (TPSA) is 105 Å². The molecule has 0 saturated carbocycles. The largest absolute Gasteiger partial charge is 0.408 e. The van der Waals surface area contributed by atoms with Crippen molar-refractivity contribution in [2.45, 2.75) is 6.10 Å². The molecule has 0 radical (unpaired) electrons. The average molecular weight is 173 g/mol. The Morgan fingerprint density at radius 1 is 1.75 bits per heavy atom. The number of nitrogens with zero attached hydrogens (tertiary/aromatic N) is 1. The Kier molecular flexibility index (Phi) is 2.89. The van der Waals surface area contributed by atoms with Gasteiger partial charge in [0.25, 0.3) is 6.01 Å². The first kappa shape index (κ1) is 8.82. The van der Waals surface area contributed by atoms with Crippen LogP contribution in [0.5, 0.6) is 0 Å². The number of aliphatic hydroxyl groups excluding tert-OH is 2. The van der Waals surface area contributed by atoms with Gasteiger partial charge in [0.1, 0.15) is 0 Å². The SMILES string of the molecule is Nc1cnc(NCC(O)CO)o1. The van der Waals surface area contributed by atoms with Gasteiger partial charge in [0.2, 0.25) is 5.88 Å². The molecule has 68 valence electrons. The van der Waals surface area contributed by atoms with Crippen molar-refractivity contribution in [3.8, 4) is 0 Å². The standard InChI is InChI=1S/C6H11N3O3/c7-5-2-9-6(12-5)8-1-4(11)3-10/h2,4,10-11H,1,3,7H2,(H,8,9). The molecule has 0 aliphatic heterocycles. The van der Waals surface area contributed by atoms with Gasteiger partial charge in [-0.25, -0.2) is 0 Å². The molecule has 0 aromatic carbocycles. The van der Waals surface area contributed by atoms with E-state index < -0.39 is 6.10 Å². The third-order valence-electron chi connectivity index (χ3n) is 1.22. The van der Waals surface area contributed by atoms with E-state index in [0.717, 1.165) is 0 Å². The molecule has 0 fully saturated rings. The molecule has 5 N–H and O–H groups in total. The van der Waals surface area contributed by atoms with E-state index in [4.69, 9.17) is 20.4 Å². The molecule has 0 saturated heterocycles. The molecule has 0 aliphatic rings. The van der Waals surface area contributed by atoms with Crippen molar-refractivity contribution in [2.75, 3.05) is 24.2 Å². The first-order chi connectivity index (χ1) is 5.72. The molecular weight excluding hydrogens is 162 g/mol. The second-order valence-corrected chi connectivity index (χ2v) is 2.29. The molecule has 0 aliphatic carbocycles. The van der Waals surface area contributed by atoms with E-state index in [9.17, 15) is 0 Å². The molecule has 0 bridgehead atoms. The van der Waals surface area contributed by atoms with Crippen LogP contribution in [0, 0.1) is 0 Å². The van der Waals surface area contributed by atoms with Gasteiger partial charge in [-0.05, 0) is 0 Å². The van der Waals surface area contributed by atoms with Crippen LogP contribution in [-0.4, -0.2) is 34.5 Å². The van der Waals surface area contributed by atoms with Crippen LogP contribution in [0.25, 0.3) is 0 Å². The Balaban J connectivity index is 2.33. The molecule has 6 heteroatoms. The molecule has 0 amide bonds. The van der Waals surface area contributed by atoms with Crippen LogP contribution in [0.2, 0.25) is 0 Å². The van der Waals surface area contributed by atoms with Crippen molar-refractivity contribution >= 4 is 11.9 Å². The van der Waals surface area contributed by atoms with E-state index in [0.29, 0.717) is 0 Å². The summed E-state index contributed by atoms with van der Waals surface area (Å²) in [5.41, 5.74) is 5.24. The van der Waals surface area contributed by atoms with Crippen LogP contribution in [-0.2, 0) is 0 Å². The lowest BCUT2D eigenvalue weighted by Crippen LogP contribution is -2.22. The predicted molar refractivity (Wildman–Crippen MR) is 42.5 cm³/mol. The van der Waals surface area contributed by atoms with Crippen molar-refractivity contribution in [2.24, 2.45) is 0 Å². The highest BCUT2D eigenvalue weighted by atomic mass is 16.4. The Morgan fingerprint density at radius 2 is 2.50 bits per heavy atom. The Hall–Kier alpha value is -1.27. The van der Waals surface area contributed by atoms with Gasteiger partial charge in [0, 0.05) is 6.54 Å². The summed E-state index contributed by atoms with van der Waals surface area (Å²) in [6.07, 6.45) is 0.534. The summed E-state index contributed by atoms with van der Waals surface area (Å²) in [7, 11) is 0. The fourth-order valence-corrected chi connectivity index (χ4v) is 0.638. The summed E-state index contributed by atoms with van der Waals surface area (Å²) >= 11 is 0. The van der Waals surface area contributed by atoms with Crippen LogP contribution in [0.15, 0.2) is 10.6 Å². The highest BCUT2D eigenvalue weighted by Crippen LogP contribution is 2.08. The number of rotatable bonds is 4. The molecule has 1 aromatic rings. The number of nitrogens with two attached hydrogens (primary N) is 1. The van der Waals surface area contributed by atoms with E-state index >= 15 is 0 Å². The zero-order valence-corrected chi connectivity index (χ0v) is 6.40. The molecule has 12 heavy (non-hydrogen) atoms. The molecule has 0 spiro atoms. The van der Waals surface area contributed by atoms with E-state index in [1.807, 2.05) is 0 Å². The van der Waals surface area contributed by atoms with Gasteiger partial charge in [-0.15, -0.1) is 0 Å². The minimum Gasteiger partial charge on any atom is -0.408 e. The number of aromatic nitrogens is 1. The van der Waals surface area contributed by atoms with Crippen molar-refractivity contribution in [1.82, 2.24) is 4.98 Å². The lowest BCUT2D eigenvalue weighted by Gasteiger charge is -2.05. The Labute approximate surface area is 69.0 Å². The smallest absolute Gasteiger partial charge is 0.296 e. The monoisotopic (exact) mass is 173 g/mol. The third-order valence-corrected chi connectivity index (χ3v) is 1.22.